The lowest BCUT2D eigenvalue weighted by molar-refractivity contribution is -0.146. The first kappa shape index (κ1) is 13.9. The minimum atomic E-state index is -0.119. The molecule has 2 rings (SSSR count). The number of esters is 1. The molecule has 0 radical (unpaired) electrons. The number of carbonyl (C=O) groups excluding carboxylic acids is 1. The van der Waals surface area contributed by atoms with Crippen LogP contribution < -0.4 is 4.90 Å². The monoisotopic (exact) mass is 322 g/mol. The minimum absolute atomic E-state index is 0.00356. The predicted octanol–water partition coefficient (Wildman–Crippen LogP) is 2.71. The first-order valence-corrected chi connectivity index (χ1v) is 6.97. The molecule has 0 spiro atoms. The Labute approximate surface area is 121 Å². The van der Waals surface area contributed by atoms with Gasteiger partial charge in [-0.05, 0) is 31.0 Å². The van der Waals surface area contributed by atoms with Gasteiger partial charge in [0.25, 0.3) is 0 Å². The van der Waals surface area contributed by atoms with Crippen LogP contribution in [0.4, 0.5) is 5.69 Å². The van der Waals surface area contributed by atoms with Crippen LogP contribution in [0.25, 0.3) is 0 Å². The molecule has 0 atom stereocenters. The van der Waals surface area contributed by atoms with Gasteiger partial charge in [-0.25, -0.2) is 0 Å². The summed E-state index contributed by atoms with van der Waals surface area (Å²) >= 11 is 3.41. The van der Waals surface area contributed by atoms with E-state index in [0.29, 0.717) is 5.56 Å². The van der Waals surface area contributed by atoms with E-state index in [1.165, 1.54) is 7.11 Å². The Hall–Kier alpha value is -1.54. The number of nitrogens with zero attached hydrogens (tertiary/aromatic N) is 2. The van der Waals surface area contributed by atoms with Crippen LogP contribution in [0.5, 0.6) is 0 Å². The first-order valence-electron chi connectivity index (χ1n) is 6.17. The van der Waals surface area contributed by atoms with Gasteiger partial charge < -0.3 is 9.64 Å². The maximum absolute atomic E-state index is 11.5. The van der Waals surface area contributed by atoms with E-state index in [9.17, 15) is 4.79 Å². The Balaban J connectivity index is 2.08. The molecule has 1 aliphatic rings. The molecule has 1 heterocycles. The van der Waals surface area contributed by atoms with Crippen molar-refractivity contribution in [3.63, 3.8) is 0 Å². The highest BCUT2D eigenvalue weighted by molar-refractivity contribution is 9.10. The minimum Gasteiger partial charge on any atom is -0.469 e. The predicted molar refractivity (Wildman–Crippen MR) is 75.8 cm³/mol. The quantitative estimate of drug-likeness (QED) is 0.785. The van der Waals surface area contributed by atoms with Gasteiger partial charge in [-0.3, -0.25) is 4.79 Å². The van der Waals surface area contributed by atoms with E-state index >= 15 is 0 Å². The lowest BCUT2D eigenvalue weighted by atomic mass is 9.96. The molecule has 4 nitrogen and oxygen atoms in total. The second-order valence-corrected chi connectivity index (χ2v) is 5.51. The molecular weight excluding hydrogens is 308 g/mol. The summed E-state index contributed by atoms with van der Waals surface area (Å²) < 4.78 is 5.68. The van der Waals surface area contributed by atoms with Crippen molar-refractivity contribution in [3.05, 3.63) is 28.2 Å². The summed E-state index contributed by atoms with van der Waals surface area (Å²) in [5.74, 6) is -0.115. The fraction of sp³-hybridized carbons (Fsp3) is 0.429. The lowest BCUT2D eigenvalue weighted by Crippen LogP contribution is -2.36. The number of rotatable bonds is 2. The Kier molecular flexibility index (Phi) is 4.43. The zero-order valence-electron chi connectivity index (χ0n) is 10.7. The Bertz CT molecular complexity index is 517. The molecule has 100 valence electrons. The molecule has 0 aliphatic carbocycles. The Morgan fingerprint density at radius 1 is 1.42 bits per heavy atom. The molecule has 0 N–H and O–H groups in total. The van der Waals surface area contributed by atoms with E-state index < -0.39 is 0 Å². The van der Waals surface area contributed by atoms with Gasteiger partial charge in [-0.2, -0.15) is 5.26 Å². The van der Waals surface area contributed by atoms with Gasteiger partial charge in [0.1, 0.15) is 0 Å². The Morgan fingerprint density at radius 2 is 2.11 bits per heavy atom. The molecule has 0 amide bonds. The highest BCUT2D eigenvalue weighted by Crippen LogP contribution is 2.27. The fourth-order valence-corrected chi connectivity index (χ4v) is 2.84. The SMILES string of the molecule is COC(=O)C1CCN(c2cc(Br)cc(C#N)c2)CC1. The number of benzene rings is 1. The summed E-state index contributed by atoms with van der Waals surface area (Å²) in [6.07, 6.45) is 1.59. The van der Waals surface area contributed by atoms with Crippen molar-refractivity contribution in [1.82, 2.24) is 0 Å². The number of carbonyl (C=O) groups is 1. The smallest absolute Gasteiger partial charge is 0.308 e. The van der Waals surface area contributed by atoms with Gasteiger partial charge in [0.05, 0.1) is 24.7 Å². The van der Waals surface area contributed by atoms with Crippen LogP contribution in [0.15, 0.2) is 22.7 Å². The summed E-state index contributed by atoms with van der Waals surface area (Å²) in [4.78, 5) is 13.7. The molecule has 0 aromatic heterocycles. The maximum atomic E-state index is 11.5. The maximum Gasteiger partial charge on any atom is 0.308 e. The molecule has 19 heavy (non-hydrogen) atoms. The summed E-state index contributed by atoms with van der Waals surface area (Å²) in [5.41, 5.74) is 1.66. The molecule has 1 saturated heterocycles. The van der Waals surface area contributed by atoms with Crippen molar-refractivity contribution in [2.75, 3.05) is 25.1 Å². The number of methoxy groups -OCH3 is 1. The second kappa shape index (κ2) is 6.07. The van der Waals surface area contributed by atoms with Crippen LogP contribution in [-0.2, 0) is 9.53 Å². The highest BCUT2D eigenvalue weighted by Gasteiger charge is 2.25. The van der Waals surface area contributed by atoms with Crippen molar-refractivity contribution in [2.45, 2.75) is 12.8 Å². The molecule has 0 bridgehead atoms. The van der Waals surface area contributed by atoms with E-state index in [1.54, 1.807) is 6.07 Å². The van der Waals surface area contributed by atoms with Gasteiger partial charge in [0, 0.05) is 23.2 Å². The largest absolute Gasteiger partial charge is 0.469 e. The number of halogens is 1. The molecule has 0 unspecified atom stereocenters. The van der Waals surface area contributed by atoms with E-state index in [2.05, 4.69) is 26.9 Å². The van der Waals surface area contributed by atoms with Crippen LogP contribution in [0.2, 0.25) is 0 Å². The summed E-state index contributed by atoms with van der Waals surface area (Å²) in [6.45, 7) is 1.61. The molecule has 5 heteroatoms. The molecule has 1 aromatic rings. The number of piperidine rings is 1. The third kappa shape index (κ3) is 3.27. The van der Waals surface area contributed by atoms with E-state index in [-0.39, 0.29) is 11.9 Å². The number of ether oxygens (including phenoxy) is 1. The third-order valence-electron chi connectivity index (χ3n) is 3.41. The molecule has 1 fully saturated rings. The molecular formula is C14H15BrN2O2. The topological polar surface area (TPSA) is 53.3 Å². The number of hydrogen-bond acceptors (Lipinski definition) is 4. The zero-order chi connectivity index (χ0) is 13.8. The van der Waals surface area contributed by atoms with E-state index in [1.807, 2.05) is 12.1 Å². The molecule has 1 aromatic carbocycles. The molecule has 0 saturated carbocycles. The van der Waals surface area contributed by atoms with Crippen LogP contribution in [0, 0.1) is 17.2 Å². The number of hydrogen-bond donors (Lipinski definition) is 0. The highest BCUT2D eigenvalue weighted by atomic mass is 79.9. The number of anilines is 1. The van der Waals surface area contributed by atoms with E-state index in [0.717, 1.165) is 36.1 Å². The Morgan fingerprint density at radius 3 is 2.68 bits per heavy atom. The van der Waals surface area contributed by atoms with Crippen LogP contribution in [0.3, 0.4) is 0 Å². The van der Waals surface area contributed by atoms with Crippen LogP contribution in [0.1, 0.15) is 18.4 Å². The van der Waals surface area contributed by atoms with Crippen molar-refractivity contribution >= 4 is 27.6 Å². The van der Waals surface area contributed by atoms with Crippen molar-refractivity contribution in [3.8, 4) is 6.07 Å². The van der Waals surface area contributed by atoms with Crippen LogP contribution in [-0.4, -0.2) is 26.2 Å². The fourth-order valence-electron chi connectivity index (χ4n) is 2.36. The van der Waals surface area contributed by atoms with Gasteiger partial charge >= 0.3 is 5.97 Å². The van der Waals surface area contributed by atoms with Gasteiger partial charge in [-0.15, -0.1) is 0 Å². The molecule has 1 aliphatic heterocycles. The van der Waals surface area contributed by atoms with Gasteiger partial charge in [0.2, 0.25) is 0 Å². The number of nitriles is 1. The average Bonchev–Trinajstić information content (AvgIpc) is 2.46. The van der Waals surface area contributed by atoms with E-state index in [4.69, 9.17) is 10.00 Å². The van der Waals surface area contributed by atoms with Crippen molar-refractivity contribution in [2.24, 2.45) is 5.92 Å². The third-order valence-corrected chi connectivity index (χ3v) is 3.86. The van der Waals surface area contributed by atoms with Gasteiger partial charge in [-0.1, -0.05) is 15.9 Å². The summed E-state index contributed by atoms with van der Waals surface area (Å²) in [6, 6.07) is 7.83. The average molecular weight is 323 g/mol. The van der Waals surface area contributed by atoms with Gasteiger partial charge in [0.15, 0.2) is 0 Å². The van der Waals surface area contributed by atoms with Crippen LogP contribution >= 0.6 is 15.9 Å². The lowest BCUT2D eigenvalue weighted by Gasteiger charge is -2.32. The summed E-state index contributed by atoms with van der Waals surface area (Å²) in [7, 11) is 1.43. The first-order chi connectivity index (χ1) is 9.13. The zero-order valence-corrected chi connectivity index (χ0v) is 12.3. The second-order valence-electron chi connectivity index (χ2n) is 4.59. The summed E-state index contributed by atoms with van der Waals surface area (Å²) in [5, 5.41) is 8.98. The van der Waals surface area contributed by atoms with Crippen molar-refractivity contribution < 1.29 is 9.53 Å². The normalized spacial score (nSPS) is 15.9. The van der Waals surface area contributed by atoms with Crippen molar-refractivity contribution in [1.29, 1.82) is 5.26 Å². The standard InChI is InChI=1S/C14H15BrN2O2/c1-19-14(18)11-2-4-17(5-3-11)13-7-10(9-16)6-12(15)8-13/h6-8,11H,2-5H2,1H3.